The van der Waals surface area contributed by atoms with E-state index >= 15 is 0 Å². The number of aromatic nitrogens is 2. The van der Waals surface area contributed by atoms with Gasteiger partial charge in [0.2, 0.25) is 0 Å². The van der Waals surface area contributed by atoms with Crippen LogP contribution in [-0.4, -0.2) is 60.9 Å². The molecule has 27 heavy (non-hydrogen) atoms. The van der Waals surface area contributed by atoms with E-state index in [0.29, 0.717) is 5.69 Å². The fourth-order valence-electron chi connectivity index (χ4n) is 3.53. The van der Waals surface area contributed by atoms with Gasteiger partial charge in [0.15, 0.2) is 11.4 Å². The molecule has 1 aromatic carbocycles. The summed E-state index contributed by atoms with van der Waals surface area (Å²) in [5.41, 5.74) is 1.39. The molecule has 0 atom stereocenters. The summed E-state index contributed by atoms with van der Waals surface area (Å²) in [6.45, 7) is 3.98. The molecule has 0 saturated carbocycles. The number of carbonyl (C=O) groups is 1. The molecule has 1 aliphatic heterocycles. The molecule has 1 aromatic heterocycles. The zero-order valence-corrected chi connectivity index (χ0v) is 16.4. The van der Waals surface area contributed by atoms with Gasteiger partial charge in [0.25, 0.3) is 11.5 Å². The minimum atomic E-state index is -0.330. The maximum Gasteiger partial charge on any atom is 0.278 e. The van der Waals surface area contributed by atoms with E-state index in [1.165, 1.54) is 22.8 Å². The van der Waals surface area contributed by atoms with Crippen molar-refractivity contribution in [2.45, 2.75) is 25.8 Å². The second-order valence-electron chi connectivity index (χ2n) is 7.20. The van der Waals surface area contributed by atoms with Crippen LogP contribution in [0.25, 0.3) is 5.69 Å². The fourth-order valence-corrected chi connectivity index (χ4v) is 3.53. The molecule has 144 valence electrons. The number of piperidine rings is 1. The molecule has 7 nitrogen and oxygen atoms in total. The van der Waals surface area contributed by atoms with Crippen LogP contribution >= 0.6 is 0 Å². The fraction of sp³-hybridized carbons (Fsp3) is 0.450. The predicted octanol–water partition coefficient (Wildman–Crippen LogP) is 0.299. The molecule has 7 heteroatoms. The summed E-state index contributed by atoms with van der Waals surface area (Å²) < 4.78 is 6.57. The number of carbonyl (C=O) groups excluding carboxylic acids is 1. The first-order valence-electron chi connectivity index (χ1n) is 9.25. The summed E-state index contributed by atoms with van der Waals surface area (Å²) in [5, 5.41) is 4.39. The third-order valence-corrected chi connectivity index (χ3v) is 5.34. The van der Waals surface area contributed by atoms with E-state index in [-0.39, 0.29) is 29.0 Å². The summed E-state index contributed by atoms with van der Waals surface area (Å²) >= 11 is 0. The third kappa shape index (κ3) is 3.88. The Morgan fingerprint density at radius 1 is 1.30 bits per heavy atom. The van der Waals surface area contributed by atoms with Crippen molar-refractivity contribution >= 4 is 5.91 Å². The summed E-state index contributed by atoms with van der Waals surface area (Å²) in [6.07, 6.45) is 1.90. The molecule has 1 saturated heterocycles. The number of nitrogens with one attached hydrogen (secondary N) is 1. The van der Waals surface area contributed by atoms with Crippen molar-refractivity contribution in [3.63, 3.8) is 0 Å². The molecule has 0 unspecified atom stereocenters. The lowest BCUT2D eigenvalue weighted by molar-refractivity contribution is -0.885. The molecule has 1 fully saturated rings. The Kier molecular flexibility index (Phi) is 5.60. The number of likely N-dealkylation sites (tertiary alicyclic amines) is 1. The van der Waals surface area contributed by atoms with Gasteiger partial charge in [-0.1, -0.05) is 18.2 Å². The van der Waals surface area contributed by atoms with Gasteiger partial charge in [0.05, 0.1) is 39.0 Å². The van der Waals surface area contributed by atoms with Crippen molar-refractivity contribution in [3.8, 4) is 11.4 Å². The maximum absolute atomic E-state index is 13.1. The zero-order chi connectivity index (χ0) is 19.6. The van der Waals surface area contributed by atoms with Crippen LogP contribution in [0.15, 0.2) is 35.1 Å². The molecule has 0 spiro atoms. The standard InChI is InChI=1S/C20H26N4O3/c1-14-7-5-6-8-16(14)24-18(25)13-17(27-4)19(21-24)20(26)23(3)15-9-11-22(2)12-10-15/h5-8,13,15H,9-12H2,1-4H3/p+1. The molecule has 0 bridgehead atoms. The Balaban J connectivity index is 1.99. The zero-order valence-electron chi connectivity index (χ0n) is 16.4. The molecule has 0 radical (unpaired) electrons. The summed E-state index contributed by atoms with van der Waals surface area (Å²) in [6, 6.07) is 8.96. The number of ether oxygens (including phenoxy) is 1. The van der Waals surface area contributed by atoms with Crippen LogP contribution in [0.5, 0.6) is 5.75 Å². The van der Waals surface area contributed by atoms with Gasteiger partial charge in [-0.05, 0) is 18.6 Å². The number of rotatable bonds is 4. The Morgan fingerprint density at radius 2 is 1.96 bits per heavy atom. The van der Waals surface area contributed by atoms with Crippen molar-refractivity contribution in [1.82, 2.24) is 14.7 Å². The van der Waals surface area contributed by atoms with Crippen LogP contribution in [0.2, 0.25) is 0 Å². The highest BCUT2D eigenvalue weighted by atomic mass is 16.5. The number of methoxy groups -OCH3 is 1. The van der Waals surface area contributed by atoms with Gasteiger partial charge in [-0.25, -0.2) is 0 Å². The van der Waals surface area contributed by atoms with Gasteiger partial charge in [-0.3, -0.25) is 9.59 Å². The quantitative estimate of drug-likeness (QED) is 0.839. The maximum atomic E-state index is 13.1. The number of hydrogen-bond acceptors (Lipinski definition) is 4. The minimum Gasteiger partial charge on any atom is -0.494 e. The number of para-hydroxylation sites is 1. The van der Waals surface area contributed by atoms with Gasteiger partial charge in [0.1, 0.15) is 0 Å². The summed E-state index contributed by atoms with van der Waals surface area (Å²) in [5.74, 6) is -0.0148. The Morgan fingerprint density at radius 3 is 2.59 bits per heavy atom. The van der Waals surface area contributed by atoms with Crippen LogP contribution in [0.1, 0.15) is 28.9 Å². The highest BCUT2D eigenvalue weighted by Gasteiger charge is 2.29. The molecule has 1 N–H and O–H groups in total. The van der Waals surface area contributed by atoms with E-state index in [0.717, 1.165) is 31.5 Å². The average Bonchev–Trinajstić information content (AvgIpc) is 2.68. The average molecular weight is 371 g/mol. The topological polar surface area (TPSA) is 68.9 Å². The number of benzene rings is 1. The van der Waals surface area contributed by atoms with Crippen molar-refractivity contribution in [2.75, 3.05) is 34.3 Å². The SMILES string of the molecule is COc1cc(=O)n(-c2ccccc2C)nc1C(=O)N(C)C1CC[NH+](C)CC1. The van der Waals surface area contributed by atoms with E-state index in [1.54, 1.807) is 11.9 Å². The normalized spacial score (nSPS) is 19.6. The van der Waals surface area contributed by atoms with Crippen molar-refractivity contribution in [1.29, 1.82) is 0 Å². The Labute approximate surface area is 159 Å². The Hall–Kier alpha value is -2.67. The molecule has 1 amide bonds. The molecular formula is C20H27N4O3+. The Bertz CT molecular complexity index is 885. The third-order valence-electron chi connectivity index (χ3n) is 5.34. The molecule has 1 aliphatic rings. The van der Waals surface area contributed by atoms with Gasteiger partial charge in [-0.2, -0.15) is 9.78 Å². The van der Waals surface area contributed by atoms with Crippen LogP contribution in [0.3, 0.4) is 0 Å². The highest BCUT2D eigenvalue weighted by Crippen LogP contribution is 2.19. The van der Waals surface area contributed by atoms with Gasteiger partial charge < -0.3 is 14.5 Å². The van der Waals surface area contributed by atoms with Gasteiger partial charge >= 0.3 is 0 Å². The van der Waals surface area contributed by atoms with E-state index in [4.69, 9.17) is 4.74 Å². The van der Waals surface area contributed by atoms with Crippen LogP contribution in [-0.2, 0) is 0 Å². The smallest absolute Gasteiger partial charge is 0.278 e. The molecule has 2 heterocycles. The first kappa shape index (κ1) is 19.1. The van der Waals surface area contributed by atoms with Crippen molar-refractivity contribution in [2.24, 2.45) is 0 Å². The van der Waals surface area contributed by atoms with E-state index in [2.05, 4.69) is 12.1 Å². The largest absolute Gasteiger partial charge is 0.494 e. The monoisotopic (exact) mass is 371 g/mol. The second-order valence-corrected chi connectivity index (χ2v) is 7.20. The van der Waals surface area contributed by atoms with Crippen LogP contribution in [0.4, 0.5) is 0 Å². The lowest BCUT2D eigenvalue weighted by Crippen LogP contribution is -3.10. The molecule has 2 aromatic rings. The van der Waals surface area contributed by atoms with Crippen molar-refractivity contribution < 1.29 is 14.4 Å². The van der Waals surface area contributed by atoms with Gasteiger partial charge in [-0.15, -0.1) is 0 Å². The van der Waals surface area contributed by atoms with Crippen molar-refractivity contribution in [3.05, 3.63) is 51.9 Å². The molecule has 3 rings (SSSR count). The number of hydrogen-bond donors (Lipinski definition) is 1. The van der Waals surface area contributed by atoms with E-state index in [1.807, 2.05) is 31.2 Å². The van der Waals surface area contributed by atoms with Gasteiger partial charge in [0, 0.05) is 25.9 Å². The number of aryl methyl sites for hydroxylation is 1. The number of nitrogens with zero attached hydrogens (tertiary/aromatic N) is 3. The van der Waals surface area contributed by atoms with Crippen LogP contribution < -0.4 is 15.2 Å². The minimum absolute atomic E-state index is 0.161. The summed E-state index contributed by atoms with van der Waals surface area (Å²) in [4.78, 5) is 28.9. The lowest BCUT2D eigenvalue weighted by atomic mass is 10.0. The first-order chi connectivity index (χ1) is 12.9. The van der Waals surface area contributed by atoms with E-state index < -0.39 is 0 Å². The van der Waals surface area contributed by atoms with E-state index in [9.17, 15) is 9.59 Å². The van der Waals surface area contributed by atoms with Crippen LogP contribution in [0, 0.1) is 6.92 Å². The molecular weight excluding hydrogens is 344 g/mol. The number of amides is 1. The lowest BCUT2D eigenvalue weighted by Gasteiger charge is -2.33. The predicted molar refractivity (Wildman–Crippen MR) is 103 cm³/mol. The molecule has 0 aliphatic carbocycles. The summed E-state index contributed by atoms with van der Waals surface area (Å²) in [7, 11) is 5.42. The first-order valence-corrected chi connectivity index (χ1v) is 9.25. The highest BCUT2D eigenvalue weighted by molar-refractivity contribution is 5.94. The number of quaternary nitrogens is 1. The second kappa shape index (κ2) is 7.92.